The maximum atomic E-state index is 9.82. The monoisotopic (exact) mass is 488 g/mol. The first-order valence-electron chi connectivity index (χ1n) is 12.9. The predicted molar refractivity (Wildman–Crippen MR) is 140 cm³/mol. The number of rotatable bonds is 8. The molecule has 2 aliphatic rings. The minimum atomic E-state index is -0.501. The molecule has 2 heterocycles. The van der Waals surface area contributed by atoms with Crippen LogP contribution in [0.3, 0.4) is 0 Å². The summed E-state index contributed by atoms with van der Waals surface area (Å²) >= 11 is 0. The maximum absolute atomic E-state index is 9.82. The zero-order valence-electron chi connectivity index (χ0n) is 20.6. The molecule has 0 aliphatic carbocycles. The maximum Gasteiger partial charge on any atom is 0.184 e. The zero-order chi connectivity index (χ0) is 24.9. The normalized spacial score (nSPS) is 24.8. The van der Waals surface area contributed by atoms with Gasteiger partial charge in [-0.2, -0.15) is 0 Å². The molecule has 5 rings (SSSR count). The third kappa shape index (κ3) is 5.70. The second-order valence-corrected chi connectivity index (χ2v) is 9.85. The molecule has 3 aromatic rings. The standard InChI is InChI=1S/C30H36N2O4/c31-17-22-4-1-5-24(14-22)25-6-2-7-26(15-25)30-35-28(18-32-13-3-8-27(32)20-34)16-29(36-30)23-11-9-21(19-33)10-12-23/h1-2,4-7,9-12,14-15,27-30,33-34H,3,8,13,16-20,31H2/t27-,28-,29+,30+/m1/s1. The number of likely N-dealkylation sites (tertiary alicyclic amines) is 1. The second-order valence-electron chi connectivity index (χ2n) is 9.85. The molecule has 4 N–H and O–H groups in total. The summed E-state index contributed by atoms with van der Waals surface area (Å²) in [5.74, 6) is 0. The molecule has 6 heteroatoms. The predicted octanol–water partition coefficient (Wildman–Crippen LogP) is 4.31. The van der Waals surface area contributed by atoms with Crippen LogP contribution < -0.4 is 5.73 Å². The first kappa shape index (κ1) is 25.1. The molecule has 0 spiro atoms. The number of aliphatic hydroxyl groups excluding tert-OH is 2. The van der Waals surface area contributed by atoms with E-state index in [-0.39, 0.29) is 31.5 Å². The molecule has 0 amide bonds. The molecule has 2 aliphatic heterocycles. The Hall–Kier alpha value is -2.58. The van der Waals surface area contributed by atoms with Gasteiger partial charge in [-0.15, -0.1) is 0 Å². The minimum absolute atomic E-state index is 0.0236. The van der Waals surface area contributed by atoms with E-state index in [2.05, 4.69) is 35.2 Å². The summed E-state index contributed by atoms with van der Waals surface area (Å²) in [7, 11) is 0. The Labute approximate surface area is 213 Å². The van der Waals surface area contributed by atoms with E-state index < -0.39 is 6.29 Å². The lowest BCUT2D eigenvalue weighted by molar-refractivity contribution is -0.253. The van der Waals surface area contributed by atoms with Gasteiger partial charge in [0.2, 0.25) is 0 Å². The lowest BCUT2D eigenvalue weighted by atomic mass is 9.98. The highest BCUT2D eigenvalue weighted by Gasteiger charge is 2.35. The molecule has 0 radical (unpaired) electrons. The average molecular weight is 489 g/mol. The Morgan fingerprint density at radius 1 is 0.861 bits per heavy atom. The molecule has 6 nitrogen and oxygen atoms in total. The molecule has 0 saturated carbocycles. The van der Waals surface area contributed by atoms with E-state index in [4.69, 9.17) is 15.2 Å². The van der Waals surface area contributed by atoms with Gasteiger partial charge in [-0.1, -0.05) is 60.7 Å². The third-order valence-corrected chi connectivity index (χ3v) is 7.42. The molecule has 4 atom stereocenters. The van der Waals surface area contributed by atoms with Crippen molar-refractivity contribution in [3.8, 4) is 11.1 Å². The zero-order valence-corrected chi connectivity index (χ0v) is 20.6. The van der Waals surface area contributed by atoms with Crippen LogP contribution in [0.5, 0.6) is 0 Å². The average Bonchev–Trinajstić information content (AvgIpc) is 3.40. The number of nitrogens with zero attached hydrogens (tertiary/aromatic N) is 1. The lowest BCUT2D eigenvalue weighted by Gasteiger charge is -2.38. The molecular weight excluding hydrogens is 452 g/mol. The van der Waals surface area contributed by atoms with E-state index in [1.165, 1.54) is 0 Å². The van der Waals surface area contributed by atoms with Gasteiger partial charge in [-0.05, 0) is 59.3 Å². The Morgan fingerprint density at radius 2 is 1.64 bits per heavy atom. The van der Waals surface area contributed by atoms with E-state index in [0.717, 1.165) is 65.7 Å². The SMILES string of the molecule is NCc1cccc(-c2cccc([C@H]3O[C@@H](CN4CCC[C@@H]4CO)C[C@@H](c4ccc(CO)cc4)O3)c2)c1. The van der Waals surface area contributed by atoms with Crippen molar-refractivity contribution >= 4 is 0 Å². The highest BCUT2D eigenvalue weighted by atomic mass is 16.7. The number of ether oxygens (including phenoxy) is 2. The van der Waals surface area contributed by atoms with Crippen LogP contribution in [0.15, 0.2) is 72.8 Å². The fraction of sp³-hybridized carbons (Fsp3) is 0.400. The smallest absolute Gasteiger partial charge is 0.184 e. The largest absolute Gasteiger partial charge is 0.395 e. The van der Waals surface area contributed by atoms with Crippen LogP contribution in [0.25, 0.3) is 11.1 Å². The van der Waals surface area contributed by atoms with Gasteiger partial charge in [0, 0.05) is 31.1 Å². The molecule has 3 aromatic carbocycles. The van der Waals surface area contributed by atoms with Gasteiger partial charge >= 0.3 is 0 Å². The number of aliphatic hydroxyl groups is 2. The summed E-state index contributed by atoms with van der Waals surface area (Å²) in [6, 6.07) is 24.8. The Kier molecular flexibility index (Phi) is 8.12. The first-order valence-corrected chi connectivity index (χ1v) is 12.9. The Bertz CT molecular complexity index is 1140. The fourth-order valence-corrected chi connectivity index (χ4v) is 5.38. The van der Waals surface area contributed by atoms with E-state index in [1.54, 1.807) is 0 Å². The van der Waals surface area contributed by atoms with Crippen molar-refractivity contribution in [1.82, 2.24) is 4.90 Å². The fourth-order valence-electron chi connectivity index (χ4n) is 5.38. The molecule has 190 valence electrons. The van der Waals surface area contributed by atoms with E-state index in [1.807, 2.05) is 42.5 Å². The van der Waals surface area contributed by atoms with Crippen molar-refractivity contribution in [1.29, 1.82) is 0 Å². The lowest BCUT2D eigenvalue weighted by Crippen LogP contribution is -2.42. The van der Waals surface area contributed by atoms with Gasteiger partial charge in [-0.3, -0.25) is 4.90 Å². The van der Waals surface area contributed by atoms with Crippen molar-refractivity contribution in [3.05, 3.63) is 95.1 Å². The minimum Gasteiger partial charge on any atom is -0.395 e. The van der Waals surface area contributed by atoms with Gasteiger partial charge in [0.15, 0.2) is 6.29 Å². The summed E-state index contributed by atoms with van der Waals surface area (Å²) in [5.41, 5.74) is 12.1. The summed E-state index contributed by atoms with van der Waals surface area (Å²) in [5, 5.41) is 19.3. The van der Waals surface area contributed by atoms with Gasteiger partial charge in [0.05, 0.1) is 25.4 Å². The van der Waals surface area contributed by atoms with Gasteiger partial charge in [0.1, 0.15) is 0 Å². The molecule has 2 saturated heterocycles. The van der Waals surface area contributed by atoms with E-state index in [9.17, 15) is 10.2 Å². The van der Waals surface area contributed by atoms with Gasteiger partial charge in [0.25, 0.3) is 0 Å². The molecule has 2 fully saturated rings. The number of hydrogen-bond acceptors (Lipinski definition) is 6. The van der Waals surface area contributed by atoms with Gasteiger partial charge < -0.3 is 25.4 Å². The van der Waals surface area contributed by atoms with Crippen molar-refractivity contribution in [2.24, 2.45) is 5.73 Å². The van der Waals surface area contributed by atoms with Crippen LogP contribution in [0.2, 0.25) is 0 Å². The topological polar surface area (TPSA) is 88.2 Å². The molecule has 36 heavy (non-hydrogen) atoms. The van der Waals surface area contributed by atoms with Crippen LogP contribution in [-0.2, 0) is 22.6 Å². The summed E-state index contributed by atoms with van der Waals surface area (Å²) in [6.07, 6.45) is 2.22. The van der Waals surface area contributed by atoms with Crippen molar-refractivity contribution in [2.45, 2.75) is 57.0 Å². The second kappa shape index (κ2) is 11.6. The first-order chi connectivity index (χ1) is 17.7. The van der Waals surface area contributed by atoms with Crippen molar-refractivity contribution in [3.63, 3.8) is 0 Å². The number of nitrogens with two attached hydrogens (primary N) is 1. The van der Waals surface area contributed by atoms with Gasteiger partial charge in [-0.25, -0.2) is 0 Å². The highest BCUT2D eigenvalue weighted by molar-refractivity contribution is 5.65. The summed E-state index contributed by atoms with van der Waals surface area (Å²) in [6.45, 7) is 2.47. The molecular formula is C30H36N2O4. The highest BCUT2D eigenvalue weighted by Crippen LogP contribution is 2.39. The molecule has 0 unspecified atom stereocenters. The number of hydrogen-bond donors (Lipinski definition) is 3. The Morgan fingerprint density at radius 3 is 2.39 bits per heavy atom. The van der Waals surface area contributed by atoms with E-state index in [0.29, 0.717) is 6.54 Å². The summed E-state index contributed by atoms with van der Waals surface area (Å²) in [4.78, 5) is 2.35. The van der Waals surface area contributed by atoms with E-state index >= 15 is 0 Å². The van der Waals surface area contributed by atoms with Crippen LogP contribution >= 0.6 is 0 Å². The summed E-state index contributed by atoms with van der Waals surface area (Å²) < 4.78 is 13.1. The Balaban J connectivity index is 1.41. The number of benzene rings is 3. The van der Waals surface area contributed by atoms with Crippen molar-refractivity contribution < 1.29 is 19.7 Å². The van der Waals surface area contributed by atoms with Crippen LogP contribution in [0.4, 0.5) is 0 Å². The van der Waals surface area contributed by atoms with Crippen LogP contribution in [0, 0.1) is 0 Å². The van der Waals surface area contributed by atoms with Crippen LogP contribution in [0.1, 0.15) is 53.9 Å². The van der Waals surface area contributed by atoms with Crippen LogP contribution in [-0.4, -0.2) is 47.0 Å². The molecule has 0 bridgehead atoms. The molecule has 0 aromatic heterocycles. The quantitative estimate of drug-likeness (QED) is 0.438. The third-order valence-electron chi connectivity index (χ3n) is 7.42. The van der Waals surface area contributed by atoms with Crippen molar-refractivity contribution in [2.75, 3.05) is 19.7 Å².